The minimum Gasteiger partial charge on any atom is -0.419 e. The fourth-order valence-corrected chi connectivity index (χ4v) is 3.36. The van der Waals surface area contributed by atoms with Crippen molar-refractivity contribution in [3.05, 3.63) is 23.4 Å². The number of halogens is 2. The van der Waals surface area contributed by atoms with E-state index in [1.807, 2.05) is 0 Å². The molecule has 0 radical (unpaired) electrons. The summed E-state index contributed by atoms with van der Waals surface area (Å²) < 4.78 is 22.9. The van der Waals surface area contributed by atoms with Crippen LogP contribution in [0.1, 0.15) is 32.1 Å². The van der Waals surface area contributed by atoms with Crippen LogP contribution in [0.15, 0.2) is 23.4 Å². The Balaban J connectivity index is 2.60. The molecule has 1 fully saturated rings. The number of hydrogen-bond donors (Lipinski definition) is 1. The third-order valence-corrected chi connectivity index (χ3v) is 4.26. The molecule has 4 nitrogen and oxygen atoms in total. The first kappa shape index (κ1) is 16.1. The summed E-state index contributed by atoms with van der Waals surface area (Å²) in [5.74, 6) is 0. The number of nitrogens with one attached hydrogen (secondary N) is 1. The zero-order chi connectivity index (χ0) is 13.4. The zero-order valence-corrected chi connectivity index (χ0v) is 12.5. The van der Waals surface area contributed by atoms with Crippen molar-refractivity contribution in [3.63, 3.8) is 0 Å². The summed E-state index contributed by atoms with van der Waals surface area (Å²) in [7, 11) is -3.42. The van der Waals surface area contributed by atoms with E-state index in [-0.39, 0.29) is 10.6 Å². The third-order valence-electron chi connectivity index (χ3n) is 2.55. The molecule has 1 unspecified atom stereocenters. The second kappa shape index (κ2) is 8.23. The maximum Gasteiger partial charge on any atom is 0.458 e. The lowest BCUT2D eigenvalue weighted by molar-refractivity contribution is 0.128. The molecular weight excluding hydrogens is 296 g/mol. The van der Waals surface area contributed by atoms with Gasteiger partial charge in [0, 0.05) is 6.54 Å². The molecule has 0 aromatic heterocycles. The van der Waals surface area contributed by atoms with E-state index < -0.39 is 7.75 Å². The zero-order valence-electron chi connectivity index (χ0n) is 10.1. The van der Waals surface area contributed by atoms with Gasteiger partial charge in [-0.3, -0.25) is 4.52 Å². The normalized spacial score (nSPS) is 19.9. The van der Waals surface area contributed by atoms with Crippen molar-refractivity contribution in [2.24, 2.45) is 0 Å². The lowest BCUT2D eigenvalue weighted by Crippen LogP contribution is -2.21. The SMILES string of the molecule is C=CCNP(=O)(OC=C(Cl)Cl)OC1CCCCC1. The van der Waals surface area contributed by atoms with Crippen LogP contribution in [0.25, 0.3) is 0 Å². The van der Waals surface area contributed by atoms with E-state index in [0.717, 1.165) is 31.9 Å². The molecule has 7 heteroatoms. The highest BCUT2D eigenvalue weighted by Gasteiger charge is 2.29. The molecule has 0 aromatic carbocycles. The maximum atomic E-state index is 12.4. The fraction of sp³-hybridized carbons (Fsp3) is 0.636. The minimum absolute atomic E-state index is 0.0515. The Hall–Kier alpha value is 0.01000. The predicted molar refractivity (Wildman–Crippen MR) is 74.6 cm³/mol. The average Bonchev–Trinajstić information content (AvgIpc) is 2.35. The van der Waals surface area contributed by atoms with Crippen molar-refractivity contribution in [2.75, 3.05) is 6.54 Å². The molecule has 0 saturated heterocycles. The van der Waals surface area contributed by atoms with E-state index in [4.69, 9.17) is 32.2 Å². The lowest BCUT2D eigenvalue weighted by Gasteiger charge is -2.26. The standard InChI is InChI=1S/C11H18Cl2NO3P/c1-2-8-14-18(15,16-9-11(12)13)17-10-6-4-3-5-7-10/h2,9-10H,1,3-8H2,(H,14,15). The quantitative estimate of drug-likeness (QED) is 0.426. The summed E-state index contributed by atoms with van der Waals surface area (Å²) in [5, 5.41) is 2.68. The first-order chi connectivity index (χ1) is 8.56. The summed E-state index contributed by atoms with van der Waals surface area (Å²) >= 11 is 10.9. The summed E-state index contributed by atoms with van der Waals surface area (Å²) in [4.78, 5) is 0. The lowest BCUT2D eigenvalue weighted by atomic mass is 9.98. The van der Waals surface area contributed by atoms with E-state index in [2.05, 4.69) is 11.7 Å². The molecule has 0 amide bonds. The average molecular weight is 314 g/mol. The Morgan fingerprint density at radius 2 is 2.06 bits per heavy atom. The van der Waals surface area contributed by atoms with E-state index in [1.54, 1.807) is 6.08 Å². The van der Waals surface area contributed by atoms with Gasteiger partial charge in [0.25, 0.3) is 0 Å². The number of rotatable bonds is 7. The van der Waals surface area contributed by atoms with Crippen LogP contribution in [0.5, 0.6) is 0 Å². The van der Waals surface area contributed by atoms with Gasteiger partial charge in [0.15, 0.2) is 0 Å². The molecule has 1 saturated carbocycles. The van der Waals surface area contributed by atoms with Crippen LogP contribution in [0.4, 0.5) is 0 Å². The summed E-state index contributed by atoms with van der Waals surface area (Å²) in [6.45, 7) is 3.86. The van der Waals surface area contributed by atoms with E-state index in [9.17, 15) is 4.57 Å². The molecule has 0 spiro atoms. The van der Waals surface area contributed by atoms with Crippen molar-refractivity contribution in [2.45, 2.75) is 38.2 Å². The van der Waals surface area contributed by atoms with Gasteiger partial charge in [0.2, 0.25) is 0 Å². The predicted octanol–water partition coefficient (Wildman–Crippen LogP) is 4.51. The molecule has 1 aliphatic carbocycles. The molecular formula is C11H18Cl2NO3P. The van der Waals surface area contributed by atoms with E-state index >= 15 is 0 Å². The molecule has 1 N–H and O–H groups in total. The van der Waals surface area contributed by atoms with Crippen molar-refractivity contribution in [1.29, 1.82) is 0 Å². The van der Waals surface area contributed by atoms with Gasteiger partial charge in [-0.15, -0.1) is 6.58 Å². The summed E-state index contributed by atoms with van der Waals surface area (Å²) in [5.41, 5.74) is 0. The van der Waals surface area contributed by atoms with Gasteiger partial charge in [-0.05, 0) is 12.8 Å². The van der Waals surface area contributed by atoms with Crippen molar-refractivity contribution in [3.8, 4) is 0 Å². The topological polar surface area (TPSA) is 47.6 Å². The first-order valence-electron chi connectivity index (χ1n) is 5.90. The molecule has 1 rings (SSSR count). The van der Waals surface area contributed by atoms with E-state index in [0.29, 0.717) is 6.54 Å². The molecule has 1 atom stereocenters. The molecule has 1 aliphatic rings. The van der Waals surface area contributed by atoms with Gasteiger partial charge in [-0.1, -0.05) is 48.5 Å². The molecule has 0 aliphatic heterocycles. The molecule has 18 heavy (non-hydrogen) atoms. The monoisotopic (exact) mass is 313 g/mol. The van der Waals surface area contributed by atoms with Gasteiger partial charge >= 0.3 is 7.75 Å². The van der Waals surface area contributed by atoms with Gasteiger partial charge in [-0.25, -0.2) is 9.65 Å². The Bertz CT molecular complexity index is 339. The van der Waals surface area contributed by atoms with Crippen LogP contribution in [-0.4, -0.2) is 12.6 Å². The Kier molecular flexibility index (Phi) is 7.35. The fourth-order valence-electron chi connectivity index (χ4n) is 1.75. The van der Waals surface area contributed by atoms with Crippen LogP contribution in [0, 0.1) is 0 Å². The highest BCUT2D eigenvalue weighted by molar-refractivity contribution is 7.51. The smallest absolute Gasteiger partial charge is 0.419 e. The first-order valence-corrected chi connectivity index (χ1v) is 8.19. The van der Waals surface area contributed by atoms with Crippen molar-refractivity contribution in [1.82, 2.24) is 5.09 Å². The third kappa shape index (κ3) is 6.26. The Morgan fingerprint density at radius 3 is 2.61 bits per heavy atom. The van der Waals surface area contributed by atoms with Gasteiger partial charge in [0.05, 0.1) is 6.10 Å². The summed E-state index contributed by atoms with van der Waals surface area (Å²) in [6.07, 6.45) is 7.68. The molecule has 0 aromatic rings. The Morgan fingerprint density at radius 1 is 1.39 bits per heavy atom. The van der Waals surface area contributed by atoms with Crippen molar-refractivity contribution >= 4 is 30.9 Å². The molecule has 0 heterocycles. The largest absolute Gasteiger partial charge is 0.458 e. The minimum atomic E-state index is -3.42. The second-order valence-electron chi connectivity index (χ2n) is 4.03. The highest BCUT2D eigenvalue weighted by atomic mass is 35.5. The van der Waals surface area contributed by atoms with E-state index in [1.165, 1.54) is 6.42 Å². The summed E-state index contributed by atoms with van der Waals surface area (Å²) in [6, 6.07) is 0. The molecule has 0 bridgehead atoms. The second-order valence-corrected chi connectivity index (χ2v) is 6.77. The van der Waals surface area contributed by atoms with Gasteiger partial charge < -0.3 is 4.52 Å². The van der Waals surface area contributed by atoms with Crippen molar-refractivity contribution < 1.29 is 13.6 Å². The van der Waals surface area contributed by atoms with Crippen LogP contribution in [-0.2, 0) is 13.6 Å². The van der Waals surface area contributed by atoms with Crippen LogP contribution in [0.3, 0.4) is 0 Å². The maximum absolute atomic E-state index is 12.4. The van der Waals surface area contributed by atoms with Crippen LogP contribution < -0.4 is 5.09 Å². The Labute approximate surface area is 118 Å². The number of hydrogen-bond acceptors (Lipinski definition) is 3. The van der Waals surface area contributed by atoms with Gasteiger partial charge in [0.1, 0.15) is 10.8 Å². The van der Waals surface area contributed by atoms with Crippen LogP contribution in [0.2, 0.25) is 0 Å². The highest BCUT2D eigenvalue weighted by Crippen LogP contribution is 2.47. The van der Waals surface area contributed by atoms with Gasteiger partial charge in [-0.2, -0.15) is 0 Å². The molecule has 104 valence electrons. The van der Waals surface area contributed by atoms with Crippen LogP contribution >= 0.6 is 30.9 Å².